The first kappa shape index (κ1) is 17.7. The Morgan fingerprint density at radius 1 is 1.32 bits per heavy atom. The van der Waals surface area contributed by atoms with E-state index in [0.29, 0.717) is 13.0 Å². The zero-order chi connectivity index (χ0) is 16.0. The van der Waals surface area contributed by atoms with E-state index in [1.807, 2.05) is 0 Å². The third-order valence-corrected chi connectivity index (χ3v) is 6.55. The van der Waals surface area contributed by atoms with Crippen molar-refractivity contribution < 1.29 is 13.5 Å². The average molecular weight is 361 g/mol. The smallest absolute Gasteiger partial charge is 0.240 e. The van der Waals surface area contributed by atoms with E-state index in [0.717, 1.165) is 33.2 Å². The predicted octanol–water partition coefficient (Wildman–Crippen LogP) is 2.85. The minimum atomic E-state index is -3.48. The quantitative estimate of drug-likeness (QED) is 0.531. The fourth-order valence-corrected chi connectivity index (χ4v) is 5.12. The third-order valence-electron chi connectivity index (χ3n) is 3.05. The molecule has 0 saturated heterocycles. The van der Waals surface area contributed by atoms with E-state index < -0.39 is 10.0 Å². The minimum Gasteiger partial charge on any atom is -0.396 e. The van der Waals surface area contributed by atoms with Gasteiger partial charge in [0.25, 0.3) is 0 Å². The van der Waals surface area contributed by atoms with Gasteiger partial charge in [0.1, 0.15) is 0 Å². The lowest BCUT2D eigenvalue weighted by Gasteiger charge is -2.06. The summed E-state index contributed by atoms with van der Waals surface area (Å²) in [5.74, 6) is 0.945. The molecule has 1 aromatic carbocycles. The highest BCUT2D eigenvalue weighted by Gasteiger charge is 2.15. The van der Waals surface area contributed by atoms with Gasteiger partial charge in [-0.25, -0.2) is 18.1 Å². The number of hydrogen-bond acceptors (Lipinski definition) is 6. The van der Waals surface area contributed by atoms with Crippen LogP contribution in [-0.4, -0.2) is 37.4 Å². The first-order valence-electron chi connectivity index (χ1n) is 7.20. The Balaban J connectivity index is 2.08. The average Bonchev–Trinajstić information content (AvgIpc) is 2.88. The molecular weight excluding hydrogens is 340 g/mol. The van der Waals surface area contributed by atoms with Gasteiger partial charge in [0.15, 0.2) is 4.34 Å². The number of fused-ring (bicyclic) bond motifs is 1. The second kappa shape index (κ2) is 8.26. The van der Waals surface area contributed by atoms with Crippen LogP contribution < -0.4 is 4.72 Å². The van der Waals surface area contributed by atoms with Crippen molar-refractivity contribution in [3.8, 4) is 0 Å². The molecule has 2 aromatic rings. The standard InChI is InChI=1S/C14H20N2O3S3/c1-2-20-14-16-12-7-6-11(10-13(12)21-14)22(18,19)15-8-4-3-5-9-17/h6-7,10,15,17H,2-5,8-9H2,1H3. The Labute approximate surface area is 139 Å². The topological polar surface area (TPSA) is 79.3 Å². The summed E-state index contributed by atoms with van der Waals surface area (Å²) in [6.45, 7) is 2.60. The highest BCUT2D eigenvalue weighted by molar-refractivity contribution is 8.01. The molecule has 122 valence electrons. The molecule has 0 bridgehead atoms. The van der Waals surface area contributed by atoms with Crippen molar-refractivity contribution in [1.29, 1.82) is 0 Å². The van der Waals surface area contributed by atoms with Crippen LogP contribution in [0.1, 0.15) is 26.2 Å². The molecule has 0 aliphatic heterocycles. The number of sulfonamides is 1. The summed E-state index contributed by atoms with van der Waals surface area (Å²) in [7, 11) is -3.48. The molecule has 2 rings (SSSR count). The number of benzene rings is 1. The van der Waals surface area contributed by atoms with Crippen LogP contribution in [0.2, 0.25) is 0 Å². The van der Waals surface area contributed by atoms with Crippen LogP contribution in [0.25, 0.3) is 10.2 Å². The van der Waals surface area contributed by atoms with Crippen LogP contribution in [0.5, 0.6) is 0 Å². The molecule has 2 N–H and O–H groups in total. The number of rotatable bonds is 9. The highest BCUT2D eigenvalue weighted by atomic mass is 32.2. The van der Waals surface area contributed by atoms with Gasteiger partial charge in [-0.15, -0.1) is 11.3 Å². The fraction of sp³-hybridized carbons (Fsp3) is 0.500. The van der Waals surface area contributed by atoms with E-state index in [-0.39, 0.29) is 11.5 Å². The third kappa shape index (κ3) is 4.66. The van der Waals surface area contributed by atoms with Gasteiger partial charge in [0.05, 0.1) is 15.1 Å². The molecule has 0 aliphatic rings. The lowest BCUT2D eigenvalue weighted by Crippen LogP contribution is -2.24. The molecular formula is C14H20N2O3S3. The van der Waals surface area contributed by atoms with E-state index in [1.54, 1.807) is 30.0 Å². The van der Waals surface area contributed by atoms with E-state index in [4.69, 9.17) is 5.11 Å². The van der Waals surface area contributed by atoms with Crippen LogP contribution in [0.3, 0.4) is 0 Å². The predicted molar refractivity (Wildman–Crippen MR) is 92.1 cm³/mol. The lowest BCUT2D eigenvalue weighted by molar-refractivity contribution is 0.283. The molecule has 1 aromatic heterocycles. The first-order chi connectivity index (χ1) is 10.6. The van der Waals surface area contributed by atoms with Crippen LogP contribution in [-0.2, 0) is 10.0 Å². The van der Waals surface area contributed by atoms with Gasteiger partial charge in [0.2, 0.25) is 10.0 Å². The fourth-order valence-electron chi connectivity index (χ4n) is 1.94. The molecule has 0 fully saturated rings. The van der Waals surface area contributed by atoms with Gasteiger partial charge in [-0.05, 0) is 43.2 Å². The summed E-state index contributed by atoms with van der Waals surface area (Å²) in [6, 6.07) is 5.03. The summed E-state index contributed by atoms with van der Waals surface area (Å²) < 4.78 is 29.0. The summed E-state index contributed by atoms with van der Waals surface area (Å²) in [5, 5.41) is 8.70. The molecule has 8 heteroatoms. The highest BCUT2D eigenvalue weighted by Crippen LogP contribution is 2.30. The summed E-state index contributed by atoms with van der Waals surface area (Å²) in [4.78, 5) is 4.74. The number of hydrogen-bond donors (Lipinski definition) is 2. The first-order valence-corrected chi connectivity index (χ1v) is 10.5. The van der Waals surface area contributed by atoms with E-state index in [1.165, 1.54) is 11.3 Å². The van der Waals surface area contributed by atoms with E-state index in [2.05, 4.69) is 16.6 Å². The zero-order valence-electron chi connectivity index (χ0n) is 12.4. The Kier molecular flexibility index (Phi) is 6.64. The molecule has 22 heavy (non-hydrogen) atoms. The molecule has 0 saturated carbocycles. The number of aliphatic hydroxyl groups excluding tert-OH is 1. The second-order valence-corrected chi connectivity index (χ2v) is 9.03. The molecule has 0 amide bonds. The number of aromatic nitrogens is 1. The van der Waals surface area contributed by atoms with Crippen molar-refractivity contribution in [2.45, 2.75) is 35.4 Å². The molecule has 0 aliphatic carbocycles. The van der Waals surface area contributed by atoms with Gasteiger partial charge in [0, 0.05) is 13.2 Å². The molecule has 0 spiro atoms. The van der Waals surface area contributed by atoms with Crippen LogP contribution >= 0.6 is 23.1 Å². The van der Waals surface area contributed by atoms with Gasteiger partial charge in [-0.2, -0.15) is 0 Å². The normalized spacial score (nSPS) is 12.1. The summed E-state index contributed by atoms with van der Waals surface area (Å²) in [6.07, 6.45) is 2.23. The van der Waals surface area contributed by atoms with Crippen molar-refractivity contribution in [2.75, 3.05) is 18.9 Å². The SMILES string of the molecule is CCSc1nc2ccc(S(=O)(=O)NCCCCCO)cc2s1. The Hall–Kier alpha value is -0.670. The van der Waals surface area contributed by atoms with Gasteiger partial charge in [-0.1, -0.05) is 18.7 Å². The number of aliphatic hydroxyl groups is 1. The van der Waals surface area contributed by atoms with Gasteiger partial charge in [-0.3, -0.25) is 0 Å². The lowest BCUT2D eigenvalue weighted by atomic mass is 10.2. The van der Waals surface area contributed by atoms with E-state index in [9.17, 15) is 8.42 Å². The number of thioether (sulfide) groups is 1. The minimum absolute atomic E-state index is 0.146. The summed E-state index contributed by atoms with van der Waals surface area (Å²) >= 11 is 3.18. The Morgan fingerprint density at radius 2 is 2.14 bits per heavy atom. The van der Waals surface area contributed by atoms with Crippen molar-refractivity contribution in [2.24, 2.45) is 0 Å². The Morgan fingerprint density at radius 3 is 2.86 bits per heavy atom. The van der Waals surface area contributed by atoms with Crippen molar-refractivity contribution >= 4 is 43.3 Å². The maximum Gasteiger partial charge on any atom is 0.240 e. The second-order valence-electron chi connectivity index (χ2n) is 4.72. The van der Waals surface area contributed by atoms with Crippen molar-refractivity contribution in [3.05, 3.63) is 18.2 Å². The summed E-state index contributed by atoms with van der Waals surface area (Å²) in [5.41, 5.74) is 0.836. The Bertz CT molecular complexity index is 713. The largest absolute Gasteiger partial charge is 0.396 e. The number of nitrogens with zero attached hydrogens (tertiary/aromatic N) is 1. The van der Waals surface area contributed by atoms with Crippen molar-refractivity contribution in [1.82, 2.24) is 9.71 Å². The zero-order valence-corrected chi connectivity index (χ0v) is 14.9. The molecule has 1 heterocycles. The molecule has 0 radical (unpaired) electrons. The monoisotopic (exact) mass is 360 g/mol. The van der Waals surface area contributed by atoms with E-state index >= 15 is 0 Å². The molecule has 0 atom stereocenters. The maximum absolute atomic E-state index is 12.3. The molecule has 0 unspecified atom stereocenters. The van der Waals surface area contributed by atoms with Crippen LogP contribution in [0.15, 0.2) is 27.4 Å². The number of thiazole rings is 1. The van der Waals surface area contributed by atoms with Crippen LogP contribution in [0.4, 0.5) is 0 Å². The van der Waals surface area contributed by atoms with Crippen molar-refractivity contribution in [3.63, 3.8) is 0 Å². The molecule has 5 nitrogen and oxygen atoms in total. The van der Waals surface area contributed by atoms with Gasteiger partial charge < -0.3 is 5.11 Å². The van der Waals surface area contributed by atoms with Crippen LogP contribution in [0, 0.1) is 0 Å². The number of nitrogens with one attached hydrogen (secondary N) is 1. The van der Waals surface area contributed by atoms with Gasteiger partial charge >= 0.3 is 0 Å². The number of unbranched alkanes of at least 4 members (excludes halogenated alkanes) is 2. The maximum atomic E-state index is 12.3.